The van der Waals surface area contributed by atoms with E-state index in [0.717, 1.165) is 6.54 Å². The average molecular weight is 200 g/mol. The van der Waals surface area contributed by atoms with E-state index in [-0.39, 0.29) is 5.91 Å². The van der Waals surface area contributed by atoms with Gasteiger partial charge in [-0.1, -0.05) is 27.7 Å². The molecule has 0 fully saturated rings. The van der Waals surface area contributed by atoms with E-state index in [2.05, 4.69) is 33.0 Å². The minimum atomic E-state index is -0.407. The first-order valence-electron chi connectivity index (χ1n) is 5.39. The third-order valence-corrected chi connectivity index (χ3v) is 2.64. The topological polar surface area (TPSA) is 55.1 Å². The van der Waals surface area contributed by atoms with Crippen LogP contribution in [0.25, 0.3) is 0 Å². The minimum Gasteiger partial charge on any atom is -0.354 e. The van der Waals surface area contributed by atoms with E-state index in [4.69, 9.17) is 5.73 Å². The van der Waals surface area contributed by atoms with Crippen LogP contribution >= 0.6 is 0 Å². The molecule has 0 aromatic rings. The zero-order valence-corrected chi connectivity index (χ0v) is 10.0. The van der Waals surface area contributed by atoms with Crippen molar-refractivity contribution >= 4 is 5.91 Å². The van der Waals surface area contributed by atoms with Crippen molar-refractivity contribution in [1.82, 2.24) is 5.32 Å². The van der Waals surface area contributed by atoms with E-state index in [1.165, 1.54) is 0 Å². The van der Waals surface area contributed by atoms with Gasteiger partial charge in [-0.05, 0) is 24.7 Å². The Hall–Kier alpha value is -0.570. The summed E-state index contributed by atoms with van der Waals surface area (Å²) >= 11 is 0. The molecule has 3 heteroatoms. The molecular weight excluding hydrogens is 176 g/mol. The molecule has 3 nitrogen and oxygen atoms in total. The van der Waals surface area contributed by atoms with Gasteiger partial charge in [0.15, 0.2) is 0 Å². The van der Waals surface area contributed by atoms with Gasteiger partial charge < -0.3 is 11.1 Å². The summed E-state index contributed by atoms with van der Waals surface area (Å²) in [6, 6.07) is -0.407. The summed E-state index contributed by atoms with van der Waals surface area (Å²) in [4.78, 5) is 11.3. The molecule has 0 radical (unpaired) electrons. The van der Waals surface area contributed by atoms with E-state index < -0.39 is 6.04 Å². The minimum absolute atomic E-state index is 0.0590. The first-order valence-corrected chi connectivity index (χ1v) is 5.39. The lowest BCUT2D eigenvalue weighted by Crippen LogP contribution is -2.42. The molecule has 0 heterocycles. The van der Waals surface area contributed by atoms with Crippen LogP contribution in [0.2, 0.25) is 0 Å². The summed E-state index contributed by atoms with van der Waals surface area (Å²) in [5.74, 6) is 1.64. The van der Waals surface area contributed by atoms with Crippen LogP contribution in [0.15, 0.2) is 0 Å². The fourth-order valence-corrected chi connectivity index (χ4v) is 1.62. The SMILES string of the molecule is CC(C)C(CNC(=O)[C@H](C)N)C(C)C. The average Bonchev–Trinajstić information content (AvgIpc) is 2.02. The third-order valence-electron chi connectivity index (χ3n) is 2.64. The van der Waals surface area contributed by atoms with Gasteiger partial charge in [-0.15, -0.1) is 0 Å². The molecule has 0 spiro atoms. The number of nitrogens with one attached hydrogen (secondary N) is 1. The van der Waals surface area contributed by atoms with Crippen LogP contribution < -0.4 is 11.1 Å². The number of nitrogens with two attached hydrogens (primary N) is 1. The molecule has 0 aromatic heterocycles. The second kappa shape index (κ2) is 6.02. The van der Waals surface area contributed by atoms with Gasteiger partial charge in [-0.2, -0.15) is 0 Å². The quantitative estimate of drug-likeness (QED) is 0.704. The molecule has 3 N–H and O–H groups in total. The smallest absolute Gasteiger partial charge is 0.236 e. The van der Waals surface area contributed by atoms with Crippen LogP contribution in [-0.2, 0) is 4.79 Å². The molecule has 0 saturated carbocycles. The number of carbonyl (C=O) groups excluding carboxylic acids is 1. The van der Waals surface area contributed by atoms with Crippen molar-refractivity contribution < 1.29 is 4.79 Å². The Morgan fingerprint density at radius 1 is 1.14 bits per heavy atom. The summed E-state index contributed by atoms with van der Waals surface area (Å²) in [6.45, 7) is 11.2. The van der Waals surface area contributed by atoms with Crippen molar-refractivity contribution in [2.45, 2.75) is 40.7 Å². The van der Waals surface area contributed by atoms with Crippen LogP contribution in [0.1, 0.15) is 34.6 Å². The highest BCUT2D eigenvalue weighted by Crippen LogP contribution is 2.19. The van der Waals surface area contributed by atoms with Crippen molar-refractivity contribution in [3.8, 4) is 0 Å². The van der Waals surface area contributed by atoms with Crippen LogP contribution in [0.3, 0.4) is 0 Å². The summed E-state index contributed by atoms with van der Waals surface area (Å²) in [5, 5.41) is 2.88. The number of hydrogen-bond donors (Lipinski definition) is 2. The maximum Gasteiger partial charge on any atom is 0.236 e. The highest BCUT2D eigenvalue weighted by molar-refractivity contribution is 5.80. The largest absolute Gasteiger partial charge is 0.354 e. The van der Waals surface area contributed by atoms with Gasteiger partial charge in [0.25, 0.3) is 0 Å². The molecule has 1 atom stereocenters. The molecular formula is C11H24N2O. The highest BCUT2D eigenvalue weighted by atomic mass is 16.2. The Labute approximate surface area is 87.4 Å². The monoisotopic (exact) mass is 200 g/mol. The van der Waals surface area contributed by atoms with Gasteiger partial charge >= 0.3 is 0 Å². The molecule has 0 aliphatic heterocycles. The predicted molar refractivity (Wildman–Crippen MR) is 59.8 cm³/mol. The van der Waals surface area contributed by atoms with Crippen LogP contribution in [0, 0.1) is 17.8 Å². The van der Waals surface area contributed by atoms with E-state index in [9.17, 15) is 4.79 Å². The molecule has 0 unspecified atom stereocenters. The fraction of sp³-hybridized carbons (Fsp3) is 0.909. The molecule has 0 rings (SSSR count). The van der Waals surface area contributed by atoms with Crippen LogP contribution in [-0.4, -0.2) is 18.5 Å². The van der Waals surface area contributed by atoms with E-state index >= 15 is 0 Å². The Kier molecular flexibility index (Phi) is 5.77. The molecule has 84 valence electrons. The van der Waals surface area contributed by atoms with Crippen molar-refractivity contribution in [3.63, 3.8) is 0 Å². The van der Waals surface area contributed by atoms with Crippen molar-refractivity contribution in [2.24, 2.45) is 23.5 Å². The van der Waals surface area contributed by atoms with Crippen molar-refractivity contribution in [1.29, 1.82) is 0 Å². The Bertz CT molecular complexity index is 168. The van der Waals surface area contributed by atoms with E-state index in [0.29, 0.717) is 17.8 Å². The second-order valence-corrected chi connectivity index (χ2v) is 4.69. The van der Waals surface area contributed by atoms with E-state index in [1.807, 2.05) is 0 Å². The second-order valence-electron chi connectivity index (χ2n) is 4.69. The van der Waals surface area contributed by atoms with Crippen LogP contribution in [0.4, 0.5) is 0 Å². The molecule has 0 aliphatic rings. The normalized spacial score (nSPS) is 13.8. The van der Waals surface area contributed by atoms with Gasteiger partial charge in [-0.3, -0.25) is 4.79 Å². The Balaban J connectivity index is 4.01. The standard InChI is InChI=1S/C11H24N2O/c1-7(2)10(8(3)4)6-13-11(14)9(5)12/h7-10H,6,12H2,1-5H3,(H,13,14)/t9-/m0/s1. The predicted octanol–water partition coefficient (Wildman–Crippen LogP) is 1.38. The van der Waals surface area contributed by atoms with Gasteiger partial charge in [-0.25, -0.2) is 0 Å². The van der Waals surface area contributed by atoms with Crippen molar-refractivity contribution in [2.75, 3.05) is 6.54 Å². The Morgan fingerprint density at radius 2 is 1.57 bits per heavy atom. The fourth-order valence-electron chi connectivity index (χ4n) is 1.62. The van der Waals surface area contributed by atoms with Crippen molar-refractivity contribution in [3.05, 3.63) is 0 Å². The summed E-state index contributed by atoms with van der Waals surface area (Å²) in [6.07, 6.45) is 0. The third kappa shape index (κ3) is 4.61. The summed E-state index contributed by atoms with van der Waals surface area (Å²) in [5.41, 5.74) is 5.46. The Morgan fingerprint density at radius 3 is 1.86 bits per heavy atom. The number of rotatable bonds is 5. The van der Waals surface area contributed by atoms with Crippen LogP contribution in [0.5, 0.6) is 0 Å². The highest BCUT2D eigenvalue weighted by Gasteiger charge is 2.18. The maximum atomic E-state index is 11.3. The number of amides is 1. The molecule has 0 bridgehead atoms. The zero-order valence-electron chi connectivity index (χ0n) is 10.0. The zero-order chi connectivity index (χ0) is 11.3. The maximum absolute atomic E-state index is 11.3. The molecule has 0 aromatic carbocycles. The van der Waals surface area contributed by atoms with Gasteiger partial charge in [0, 0.05) is 6.54 Å². The lowest BCUT2D eigenvalue weighted by atomic mass is 9.85. The molecule has 14 heavy (non-hydrogen) atoms. The van der Waals surface area contributed by atoms with Gasteiger partial charge in [0.2, 0.25) is 5.91 Å². The number of carbonyl (C=O) groups is 1. The molecule has 1 amide bonds. The number of hydrogen-bond acceptors (Lipinski definition) is 2. The van der Waals surface area contributed by atoms with E-state index in [1.54, 1.807) is 6.92 Å². The first-order chi connectivity index (χ1) is 6.36. The van der Waals surface area contributed by atoms with Gasteiger partial charge in [0.05, 0.1) is 6.04 Å². The summed E-state index contributed by atoms with van der Waals surface area (Å²) in [7, 11) is 0. The first kappa shape index (κ1) is 13.4. The lowest BCUT2D eigenvalue weighted by Gasteiger charge is -2.25. The lowest BCUT2D eigenvalue weighted by molar-refractivity contribution is -0.122. The van der Waals surface area contributed by atoms with Gasteiger partial charge in [0.1, 0.15) is 0 Å². The summed E-state index contributed by atoms with van der Waals surface area (Å²) < 4.78 is 0. The molecule has 0 aliphatic carbocycles. The molecule has 0 saturated heterocycles.